The number of halogens is 1. The van der Waals surface area contributed by atoms with Crippen LogP contribution < -0.4 is 10.6 Å². The van der Waals surface area contributed by atoms with Crippen LogP contribution in [0.5, 0.6) is 0 Å². The normalized spacial score (nSPS) is 10.6. The summed E-state index contributed by atoms with van der Waals surface area (Å²) >= 11 is 0. The van der Waals surface area contributed by atoms with Gasteiger partial charge in [0.25, 0.3) is 5.91 Å². The largest absolute Gasteiger partial charge is 0.358 e. The molecule has 0 spiro atoms. The van der Waals surface area contributed by atoms with E-state index in [-0.39, 0.29) is 12.5 Å². The van der Waals surface area contributed by atoms with E-state index in [9.17, 15) is 14.0 Å². The summed E-state index contributed by atoms with van der Waals surface area (Å²) in [5.74, 6) is -1.18. The number of rotatable bonds is 4. The van der Waals surface area contributed by atoms with Crippen LogP contribution in [-0.4, -0.2) is 23.3 Å². The summed E-state index contributed by atoms with van der Waals surface area (Å²) in [6, 6.07) is 13.2. The number of fused-ring (bicyclic) bond motifs is 1. The molecule has 0 saturated heterocycles. The molecule has 2 amide bonds. The molecule has 2 aromatic carbocycles. The molecule has 0 fully saturated rings. The van der Waals surface area contributed by atoms with Gasteiger partial charge < -0.3 is 15.6 Å². The summed E-state index contributed by atoms with van der Waals surface area (Å²) in [5, 5.41) is 5.74. The van der Waals surface area contributed by atoms with Gasteiger partial charge in [0.2, 0.25) is 5.91 Å². The number of nitrogens with one attached hydrogen (secondary N) is 3. The number of hydrogen-bond donors (Lipinski definition) is 3. The lowest BCUT2D eigenvalue weighted by Gasteiger charge is -2.07. The number of H-pyrrole nitrogens is 1. The topological polar surface area (TPSA) is 74.0 Å². The van der Waals surface area contributed by atoms with E-state index in [4.69, 9.17) is 0 Å². The molecule has 0 aliphatic heterocycles. The van der Waals surface area contributed by atoms with Crippen molar-refractivity contribution >= 4 is 28.4 Å². The van der Waals surface area contributed by atoms with Gasteiger partial charge in [0.15, 0.2) is 0 Å². The standard InChI is InChI=1S/C18H16FN3O2/c1-11-17(14-9-12(19)7-8-15(14)21-11)18(24)20-10-16(23)22-13-5-3-2-4-6-13/h2-9,21H,10H2,1H3,(H,20,24)(H,22,23). The molecule has 0 saturated carbocycles. The molecule has 1 heterocycles. The number of carbonyl (C=O) groups is 2. The van der Waals surface area contributed by atoms with Crippen molar-refractivity contribution in [3.05, 3.63) is 65.6 Å². The van der Waals surface area contributed by atoms with Crippen LogP contribution in [0.25, 0.3) is 10.9 Å². The van der Waals surface area contributed by atoms with E-state index >= 15 is 0 Å². The van der Waals surface area contributed by atoms with E-state index in [1.54, 1.807) is 37.3 Å². The van der Waals surface area contributed by atoms with Gasteiger partial charge in [-0.3, -0.25) is 9.59 Å². The van der Waals surface area contributed by atoms with Gasteiger partial charge in [-0.05, 0) is 37.3 Å². The minimum absolute atomic E-state index is 0.171. The highest BCUT2D eigenvalue weighted by atomic mass is 19.1. The number of aryl methyl sites for hydroxylation is 1. The Kier molecular flexibility index (Phi) is 4.29. The van der Waals surface area contributed by atoms with Crippen LogP contribution in [0.1, 0.15) is 16.1 Å². The molecular weight excluding hydrogens is 309 g/mol. The molecule has 0 bridgehead atoms. The van der Waals surface area contributed by atoms with E-state index < -0.39 is 11.7 Å². The fourth-order valence-corrected chi connectivity index (χ4v) is 2.57. The Bertz CT molecular complexity index is 903. The molecule has 3 aromatic rings. The van der Waals surface area contributed by atoms with E-state index in [0.29, 0.717) is 27.8 Å². The van der Waals surface area contributed by atoms with Gasteiger partial charge in [0.1, 0.15) is 5.82 Å². The molecule has 3 N–H and O–H groups in total. The first-order chi connectivity index (χ1) is 11.5. The smallest absolute Gasteiger partial charge is 0.254 e. The van der Waals surface area contributed by atoms with E-state index in [2.05, 4.69) is 15.6 Å². The maximum absolute atomic E-state index is 13.4. The van der Waals surface area contributed by atoms with Gasteiger partial charge >= 0.3 is 0 Å². The molecule has 6 heteroatoms. The van der Waals surface area contributed by atoms with Crippen LogP contribution in [0, 0.1) is 12.7 Å². The quantitative estimate of drug-likeness (QED) is 0.690. The van der Waals surface area contributed by atoms with Crippen molar-refractivity contribution in [2.24, 2.45) is 0 Å². The highest BCUT2D eigenvalue weighted by Gasteiger charge is 2.17. The molecule has 0 aliphatic rings. The third-order valence-electron chi connectivity index (χ3n) is 3.64. The predicted octanol–water partition coefficient (Wildman–Crippen LogP) is 2.98. The molecule has 1 aromatic heterocycles. The number of hydrogen-bond acceptors (Lipinski definition) is 2. The zero-order valence-electron chi connectivity index (χ0n) is 13.0. The Morgan fingerprint density at radius 1 is 1.12 bits per heavy atom. The van der Waals surface area contributed by atoms with Crippen molar-refractivity contribution in [3.8, 4) is 0 Å². The average Bonchev–Trinajstić information content (AvgIpc) is 2.89. The molecule has 0 unspecified atom stereocenters. The van der Waals surface area contributed by atoms with Gasteiger partial charge in [-0.25, -0.2) is 4.39 Å². The van der Waals surface area contributed by atoms with Crippen LogP contribution in [0.3, 0.4) is 0 Å². The van der Waals surface area contributed by atoms with E-state index in [1.807, 2.05) is 6.07 Å². The molecule has 0 atom stereocenters. The lowest BCUT2D eigenvalue weighted by molar-refractivity contribution is -0.115. The number of aromatic nitrogens is 1. The highest BCUT2D eigenvalue weighted by molar-refractivity contribution is 6.09. The maximum atomic E-state index is 13.4. The Balaban J connectivity index is 1.70. The zero-order chi connectivity index (χ0) is 17.1. The maximum Gasteiger partial charge on any atom is 0.254 e. The molecular formula is C18H16FN3O2. The fourth-order valence-electron chi connectivity index (χ4n) is 2.57. The number of benzene rings is 2. The van der Waals surface area contributed by atoms with E-state index in [1.165, 1.54) is 12.1 Å². The van der Waals surface area contributed by atoms with Crippen LogP contribution >= 0.6 is 0 Å². The third kappa shape index (κ3) is 3.27. The summed E-state index contributed by atoms with van der Waals surface area (Å²) in [5.41, 5.74) is 2.29. The van der Waals surface area contributed by atoms with Crippen molar-refractivity contribution < 1.29 is 14.0 Å². The molecule has 0 radical (unpaired) electrons. The van der Waals surface area contributed by atoms with Gasteiger partial charge in [-0.1, -0.05) is 18.2 Å². The van der Waals surface area contributed by atoms with Crippen LogP contribution in [0.4, 0.5) is 10.1 Å². The summed E-state index contributed by atoms with van der Waals surface area (Å²) in [6.45, 7) is 1.56. The zero-order valence-corrected chi connectivity index (χ0v) is 13.0. The number of amides is 2. The van der Waals surface area contributed by atoms with Crippen molar-refractivity contribution in [2.45, 2.75) is 6.92 Å². The fraction of sp³-hybridized carbons (Fsp3) is 0.111. The first-order valence-corrected chi connectivity index (χ1v) is 7.45. The monoisotopic (exact) mass is 325 g/mol. The molecule has 24 heavy (non-hydrogen) atoms. The lowest BCUT2D eigenvalue weighted by Crippen LogP contribution is -2.33. The lowest BCUT2D eigenvalue weighted by atomic mass is 10.1. The minimum Gasteiger partial charge on any atom is -0.358 e. The number of aromatic amines is 1. The van der Waals surface area contributed by atoms with Gasteiger partial charge in [0.05, 0.1) is 12.1 Å². The predicted molar refractivity (Wildman–Crippen MR) is 90.4 cm³/mol. The average molecular weight is 325 g/mol. The third-order valence-corrected chi connectivity index (χ3v) is 3.64. The molecule has 3 rings (SSSR count). The molecule has 122 valence electrons. The second-order valence-corrected chi connectivity index (χ2v) is 5.41. The van der Waals surface area contributed by atoms with Crippen molar-refractivity contribution in [3.63, 3.8) is 0 Å². The Hall–Kier alpha value is -3.15. The van der Waals surface area contributed by atoms with Crippen LogP contribution in [0.2, 0.25) is 0 Å². The molecule has 5 nitrogen and oxygen atoms in total. The number of carbonyl (C=O) groups excluding carboxylic acids is 2. The summed E-state index contributed by atoms with van der Waals surface area (Å²) < 4.78 is 13.4. The first kappa shape index (κ1) is 15.7. The molecule has 0 aliphatic carbocycles. The second-order valence-electron chi connectivity index (χ2n) is 5.41. The van der Waals surface area contributed by atoms with Crippen molar-refractivity contribution in [2.75, 3.05) is 11.9 Å². The summed E-state index contributed by atoms with van der Waals surface area (Å²) in [4.78, 5) is 27.3. The second kappa shape index (κ2) is 6.54. The summed E-state index contributed by atoms with van der Waals surface area (Å²) in [6.07, 6.45) is 0. The van der Waals surface area contributed by atoms with E-state index in [0.717, 1.165) is 0 Å². The first-order valence-electron chi connectivity index (χ1n) is 7.45. The van der Waals surface area contributed by atoms with Crippen molar-refractivity contribution in [1.82, 2.24) is 10.3 Å². The number of para-hydroxylation sites is 1. The van der Waals surface area contributed by atoms with Crippen LogP contribution in [0.15, 0.2) is 48.5 Å². The highest BCUT2D eigenvalue weighted by Crippen LogP contribution is 2.22. The Morgan fingerprint density at radius 2 is 1.88 bits per heavy atom. The van der Waals surface area contributed by atoms with Gasteiger partial charge in [0, 0.05) is 22.3 Å². The van der Waals surface area contributed by atoms with Crippen molar-refractivity contribution in [1.29, 1.82) is 0 Å². The summed E-state index contributed by atoms with van der Waals surface area (Å²) in [7, 11) is 0. The SMILES string of the molecule is Cc1[nH]c2ccc(F)cc2c1C(=O)NCC(=O)Nc1ccccc1. The van der Waals surface area contributed by atoms with Gasteiger partial charge in [-0.2, -0.15) is 0 Å². The van der Waals surface area contributed by atoms with Crippen LogP contribution in [-0.2, 0) is 4.79 Å². The Morgan fingerprint density at radius 3 is 2.62 bits per heavy atom. The number of anilines is 1. The Labute approximate surface area is 137 Å². The minimum atomic E-state index is -0.424. The van der Waals surface area contributed by atoms with Gasteiger partial charge in [-0.15, -0.1) is 0 Å².